The third-order valence-corrected chi connectivity index (χ3v) is 4.58. The number of carbonyl (C=O) groups is 1. The van der Waals surface area contributed by atoms with Crippen LogP contribution in [0.3, 0.4) is 0 Å². The maximum atomic E-state index is 13.0. The van der Waals surface area contributed by atoms with Gasteiger partial charge in [0.25, 0.3) is 5.91 Å². The summed E-state index contributed by atoms with van der Waals surface area (Å²) in [4.78, 5) is 12.2. The Bertz CT molecular complexity index is 477. The zero-order chi connectivity index (χ0) is 14.0. The third kappa shape index (κ3) is 3.56. The van der Waals surface area contributed by atoms with Crippen molar-refractivity contribution in [3.05, 3.63) is 34.1 Å². The van der Waals surface area contributed by atoms with Crippen molar-refractivity contribution >= 4 is 21.8 Å². The first-order valence-electron chi connectivity index (χ1n) is 6.73. The van der Waals surface area contributed by atoms with Gasteiger partial charge in [0.15, 0.2) is 0 Å². The molecule has 3 atom stereocenters. The standard InChI is InChI=1S/C15H19BrFNO/c1-9-3-6-14(10(2)7-9)18-15(19)12-5-4-11(17)8-13(12)16/h4-5,8-10,14H,3,6-7H2,1-2H3,(H,18,19). The first-order valence-corrected chi connectivity index (χ1v) is 7.52. The zero-order valence-electron chi connectivity index (χ0n) is 11.2. The predicted molar refractivity (Wildman–Crippen MR) is 77.5 cm³/mol. The van der Waals surface area contributed by atoms with Gasteiger partial charge in [-0.05, 0) is 65.2 Å². The van der Waals surface area contributed by atoms with Crippen LogP contribution in [0.5, 0.6) is 0 Å². The minimum absolute atomic E-state index is 0.127. The SMILES string of the molecule is CC1CCC(NC(=O)c2ccc(F)cc2Br)C(C)C1. The summed E-state index contributed by atoms with van der Waals surface area (Å²) in [6.45, 7) is 4.44. The molecule has 3 unspecified atom stereocenters. The molecule has 0 bridgehead atoms. The summed E-state index contributed by atoms with van der Waals surface area (Å²) in [5, 5.41) is 3.07. The van der Waals surface area contributed by atoms with Gasteiger partial charge >= 0.3 is 0 Å². The van der Waals surface area contributed by atoms with Crippen LogP contribution in [0.2, 0.25) is 0 Å². The molecule has 2 nitrogen and oxygen atoms in total. The first kappa shape index (κ1) is 14.5. The van der Waals surface area contributed by atoms with Crippen molar-refractivity contribution in [3.63, 3.8) is 0 Å². The predicted octanol–water partition coefficient (Wildman–Crippen LogP) is 4.14. The maximum Gasteiger partial charge on any atom is 0.252 e. The number of amides is 1. The van der Waals surface area contributed by atoms with Crippen LogP contribution < -0.4 is 5.32 Å². The number of nitrogens with one attached hydrogen (secondary N) is 1. The van der Waals surface area contributed by atoms with E-state index in [4.69, 9.17) is 0 Å². The average molecular weight is 328 g/mol. The highest BCUT2D eigenvalue weighted by atomic mass is 79.9. The quantitative estimate of drug-likeness (QED) is 0.868. The molecule has 19 heavy (non-hydrogen) atoms. The maximum absolute atomic E-state index is 13.0. The van der Waals surface area contributed by atoms with Gasteiger partial charge in [0.1, 0.15) is 5.82 Å². The van der Waals surface area contributed by atoms with Crippen molar-refractivity contribution < 1.29 is 9.18 Å². The van der Waals surface area contributed by atoms with Crippen molar-refractivity contribution in [1.82, 2.24) is 5.32 Å². The molecule has 1 N–H and O–H groups in total. The van der Waals surface area contributed by atoms with E-state index in [1.165, 1.54) is 18.2 Å². The monoisotopic (exact) mass is 327 g/mol. The van der Waals surface area contributed by atoms with Crippen molar-refractivity contribution in [2.75, 3.05) is 0 Å². The molecule has 1 fully saturated rings. The van der Waals surface area contributed by atoms with E-state index in [0.29, 0.717) is 16.0 Å². The van der Waals surface area contributed by atoms with Gasteiger partial charge in [0.05, 0.1) is 5.56 Å². The fourth-order valence-electron chi connectivity index (χ4n) is 2.80. The normalized spacial score (nSPS) is 27.1. The van der Waals surface area contributed by atoms with Crippen molar-refractivity contribution in [1.29, 1.82) is 0 Å². The molecular weight excluding hydrogens is 309 g/mol. The molecular formula is C15H19BrFNO. The number of carbonyl (C=O) groups excluding carboxylic acids is 1. The highest BCUT2D eigenvalue weighted by Gasteiger charge is 2.27. The third-order valence-electron chi connectivity index (χ3n) is 3.92. The molecule has 1 aromatic rings. The fraction of sp³-hybridized carbons (Fsp3) is 0.533. The summed E-state index contributed by atoms with van der Waals surface area (Å²) < 4.78 is 13.5. The lowest BCUT2D eigenvalue weighted by Crippen LogP contribution is -2.42. The van der Waals surface area contributed by atoms with Gasteiger partial charge in [-0.2, -0.15) is 0 Å². The Morgan fingerprint density at radius 3 is 2.74 bits per heavy atom. The minimum Gasteiger partial charge on any atom is -0.349 e. The second-order valence-corrected chi connectivity index (χ2v) is 6.45. The lowest BCUT2D eigenvalue weighted by atomic mass is 9.80. The van der Waals surface area contributed by atoms with Gasteiger partial charge in [-0.25, -0.2) is 4.39 Å². The Hall–Kier alpha value is -0.900. The van der Waals surface area contributed by atoms with E-state index < -0.39 is 0 Å². The van der Waals surface area contributed by atoms with Gasteiger partial charge in [0.2, 0.25) is 0 Å². The highest BCUT2D eigenvalue weighted by Crippen LogP contribution is 2.29. The van der Waals surface area contributed by atoms with Crippen LogP contribution in [0.1, 0.15) is 43.5 Å². The lowest BCUT2D eigenvalue weighted by molar-refractivity contribution is 0.0899. The summed E-state index contributed by atoms with van der Waals surface area (Å²) in [6, 6.07) is 4.37. The largest absolute Gasteiger partial charge is 0.349 e. The molecule has 1 aromatic carbocycles. The van der Waals surface area contributed by atoms with Gasteiger partial charge in [-0.1, -0.05) is 13.8 Å². The van der Waals surface area contributed by atoms with E-state index in [0.717, 1.165) is 25.2 Å². The number of rotatable bonds is 2. The van der Waals surface area contributed by atoms with Crippen LogP contribution in [0.15, 0.2) is 22.7 Å². The van der Waals surface area contributed by atoms with Crippen LogP contribution >= 0.6 is 15.9 Å². The van der Waals surface area contributed by atoms with E-state index in [-0.39, 0.29) is 17.8 Å². The Kier molecular flexibility index (Phi) is 4.61. The molecule has 104 valence electrons. The topological polar surface area (TPSA) is 29.1 Å². The number of hydrogen-bond donors (Lipinski definition) is 1. The molecule has 4 heteroatoms. The molecule has 0 saturated heterocycles. The van der Waals surface area contributed by atoms with E-state index in [1.54, 1.807) is 0 Å². The van der Waals surface area contributed by atoms with Crippen LogP contribution in [-0.2, 0) is 0 Å². The average Bonchev–Trinajstić information content (AvgIpc) is 2.32. The Morgan fingerprint density at radius 2 is 2.11 bits per heavy atom. The van der Waals surface area contributed by atoms with E-state index in [9.17, 15) is 9.18 Å². The molecule has 0 radical (unpaired) electrons. The Balaban J connectivity index is 2.04. The van der Waals surface area contributed by atoms with Crippen LogP contribution in [0.4, 0.5) is 4.39 Å². The van der Waals surface area contributed by atoms with E-state index in [1.807, 2.05) is 0 Å². The minimum atomic E-state index is -0.344. The van der Waals surface area contributed by atoms with Crippen LogP contribution in [-0.4, -0.2) is 11.9 Å². The fourth-order valence-corrected chi connectivity index (χ4v) is 3.33. The van der Waals surface area contributed by atoms with E-state index >= 15 is 0 Å². The number of hydrogen-bond acceptors (Lipinski definition) is 1. The number of benzene rings is 1. The summed E-state index contributed by atoms with van der Waals surface area (Å²) in [6.07, 6.45) is 3.32. The summed E-state index contributed by atoms with van der Waals surface area (Å²) in [5.74, 6) is 0.759. The zero-order valence-corrected chi connectivity index (χ0v) is 12.8. The second-order valence-electron chi connectivity index (χ2n) is 5.60. The van der Waals surface area contributed by atoms with Gasteiger partial charge in [-0.15, -0.1) is 0 Å². The van der Waals surface area contributed by atoms with E-state index in [2.05, 4.69) is 35.1 Å². The lowest BCUT2D eigenvalue weighted by Gasteiger charge is -2.33. The molecule has 1 saturated carbocycles. The molecule has 0 aliphatic heterocycles. The highest BCUT2D eigenvalue weighted by molar-refractivity contribution is 9.10. The van der Waals surface area contributed by atoms with Crippen molar-refractivity contribution in [3.8, 4) is 0 Å². The Labute approximate surface area is 121 Å². The van der Waals surface area contributed by atoms with Crippen molar-refractivity contribution in [2.45, 2.75) is 39.2 Å². The molecule has 2 rings (SSSR count). The summed E-state index contributed by atoms with van der Waals surface area (Å²) in [5.41, 5.74) is 0.493. The summed E-state index contributed by atoms with van der Waals surface area (Å²) in [7, 11) is 0. The molecule has 0 aromatic heterocycles. The van der Waals surface area contributed by atoms with Crippen LogP contribution in [0, 0.1) is 17.7 Å². The summed E-state index contributed by atoms with van der Waals surface area (Å²) >= 11 is 3.24. The first-order chi connectivity index (χ1) is 8.97. The Morgan fingerprint density at radius 1 is 1.37 bits per heavy atom. The number of halogens is 2. The van der Waals surface area contributed by atoms with Gasteiger partial charge < -0.3 is 5.32 Å². The van der Waals surface area contributed by atoms with Crippen molar-refractivity contribution in [2.24, 2.45) is 11.8 Å². The molecule has 0 heterocycles. The molecule has 1 aliphatic rings. The van der Waals surface area contributed by atoms with Gasteiger partial charge in [-0.3, -0.25) is 4.79 Å². The van der Waals surface area contributed by atoms with Gasteiger partial charge in [0, 0.05) is 10.5 Å². The molecule has 1 aliphatic carbocycles. The smallest absolute Gasteiger partial charge is 0.252 e. The second kappa shape index (κ2) is 6.04. The molecule has 0 spiro atoms. The molecule has 1 amide bonds. The van der Waals surface area contributed by atoms with Crippen LogP contribution in [0.25, 0.3) is 0 Å².